The molecule has 1 fully saturated rings. The van der Waals surface area contributed by atoms with Crippen molar-refractivity contribution in [3.05, 3.63) is 11.3 Å². The highest BCUT2D eigenvalue weighted by Crippen LogP contribution is 2.34. The van der Waals surface area contributed by atoms with Gasteiger partial charge in [-0.15, -0.1) is 0 Å². The lowest BCUT2D eigenvalue weighted by Gasteiger charge is -2.28. The maximum atomic E-state index is 10.9. The zero-order valence-electron chi connectivity index (χ0n) is 6.88. The van der Waals surface area contributed by atoms with Crippen LogP contribution in [0.3, 0.4) is 0 Å². The van der Waals surface area contributed by atoms with E-state index in [0.29, 0.717) is 12.5 Å². The molecule has 0 bridgehead atoms. The molecule has 0 spiro atoms. The number of esters is 1. The molecule has 1 atom stereocenters. The number of cyclic esters (lactones) is 1. The number of fused-ring (bicyclic) bond motifs is 1. The molecule has 1 N–H and O–H groups in total. The zero-order valence-corrected chi connectivity index (χ0v) is 6.88. The third kappa shape index (κ3) is 1.09. The van der Waals surface area contributed by atoms with Crippen molar-refractivity contribution in [3.8, 4) is 0 Å². The summed E-state index contributed by atoms with van der Waals surface area (Å²) in [6, 6.07) is 0. The Labute approximate surface area is 71.0 Å². The molecule has 12 heavy (non-hydrogen) atoms. The third-order valence-corrected chi connectivity index (χ3v) is 2.65. The lowest BCUT2D eigenvalue weighted by molar-refractivity contribution is -0.145. The van der Waals surface area contributed by atoms with E-state index in [1.54, 1.807) is 0 Å². The number of carbonyl (C=O) groups is 1. The fourth-order valence-corrected chi connectivity index (χ4v) is 1.96. The maximum Gasteiger partial charge on any atom is 0.373 e. The Morgan fingerprint density at radius 2 is 2.25 bits per heavy atom. The largest absolute Gasteiger partial charge is 0.502 e. The molecule has 1 aliphatic carbocycles. The molecule has 0 aromatic rings. The van der Waals surface area contributed by atoms with Gasteiger partial charge in [0.15, 0.2) is 0 Å². The lowest BCUT2D eigenvalue weighted by atomic mass is 9.83. The van der Waals surface area contributed by atoms with Crippen molar-refractivity contribution >= 4 is 5.97 Å². The molecule has 3 heteroatoms. The highest BCUT2D eigenvalue weighted by molar-refractivity contribution is 5.87. The topological polar surface area (TPSA) is 46.5 Å². The van der Waals surface area contributed by atoms with Crippen molar-refractivity contribution in [1.29, 1.82) is 0 Å². The van der Waals surface area contributed by atoms with Gasteiger partial charge in [-0.25, -0.2) is 4.79 Å². The van der Waals surface area contributed by atoms with E-state index in [1.807, 2.05) is 0 Å². The van der Waals surface area contributed by atoms with Crippen molar-refractivity contribution in [2.45, 2.75) is 25.7 Å². The molecule has 0 saturated heterocycles. The van der Waals surface area contributed by atoms with Crippen LogP contribution in [0, 0.1) is 5.92 Å². The Morgan fingerprint density at radius 3 is 3.08 bits per heavy atom. The number of rotatable bonds is 0. The molecule has 1 aliphatic heterocycles. The smallest absolute Gasteiger partial charge is 0.373 e. The number of carbonyl (C=O) groups excluding carboxylic acids is 1. The molecule has 66 valence electrons. The molecule has 0 radical (unpaired) electrons. The van der Waals surface area contributed by atoms with E-state index in [0.717, 1.165) is 24.8 Å². The number of hydrogen-bond donors (Lipinski definition) is 1. The molecule has 3 nitrogen and oxygen atoms in total. The Kier molecular flexibility index (Phi) is 1.79. The predicted molar refractivity (Wildman–Crippen MR) is 42.6 cm³/mol. The van der Waals surface area contributed by atoms with Gasteiger partial charge in [0.25, 0.3) is 0 Å². The van der Waals surface area contributed by atoms with E-state index >= 15 is 0 Å². The predicted octanol–water partition coefficient (Wildman–Crippen LogP) is 1.55. The minimum Gasteiger partial charge on any atom is -0.502 e. The molecule has 1 saturated carbocycles. The first kappa shape index (κ1) is 7.65. The van der Waals surface area contributed by atoms with Gasteiger partial charge in [0.05, 0.1) is 6.61 Å². The second-order valence-corrected chi connectivity index (χ2v) is 3.42. The minimum atomic E-state index is -0.539. The molecule has 1 heterocycles. The molecule has 0 amide bonds. The van der Waals surface area contributed by atoms with Crippen LogP contribution >= 0.6 is 0 Å². The molecule has 2 rings (SSSR count). The second kappa shape index (κ2) is 2.81. The summed E-state index contributed by atoms with van der Waals surface area (Å²) in [7, 11) is 0. The van der Waals surface area contributed by atoms with Crippen LogP contribution < -0.4 is 0 Å². The standard InChI is InChI=1S/C9H12O3/c10-8-7-4-2-1-3-6(7)5-12-9(8)11/h6,10H,1-5H2. The molecular formula is C9H12O3. The quantitative estimate of drug-likeness (QED) is 0.558. The first-order valence-electron chi connectivity index (χ1n) is 4.38. The van der Waals surface area contributed by atoms with Gasteiger partial charge in [-0.3, -0.25) is 0 Å². The highest BCUT2D eigenvalue weighted by atomic mass is 16.5. The summed E-state index contributed by atoms with van der Waals surface area (Å²) < 4.78 is 4.81. The Hall–Kier alpha value is -0.990. The summed E-state index contributed by atoms with van der Waals surface area (Å²) in [5.74, 6) is -0.356. The van der Waals surface area contributed by atoms with E-state index in [-0.39, 0.29) is 5.76 Å². The molecule has 2 aliphatic rings. The van der Waals surface area contributed by atoms with E-state index in [4.69, 9.17) is 4.74 Å². The number of aliphatic hydroxyl groups excluding tert-OH is 1. The normalized spacial score (nSPS) is 29.7. The van der Waals surface area contributed by atoms with Crippen molar-refractivity contribution in [3.63, 3.8) is 0 Å². The van der Waals surface area contributed by atoms with Crippen molar-refractivity contribution in [1.82, 2.24) is 0 Å². The number of aliphatic hydroxyl groups is 1. The Bertz CT molecular complexity index is 242. The molecular weight excluding hydrogens is 156 g/mol. The van der Waals surface area contributed by atoms with Gasteiger partial charge in [0.1, 0.15) is 0 Å². The van der Waals surface area contributed by atoms with Crippen LogP contribution in [0.2, 0.25) is 0 Å². The van der Waals surface area contributed by atoms with Gasteiger partial charge in [-0.1, -0.05) is 6.42 Å². The highest BCUT2D eigenvalue weighted by Gasteiger charge is 2.31. The zero-order chi connectivity index (χ0) is 8.55. The summed E-state index contributed by atoms with van der Waals surface area (Å²) in [5.41, 5.74) is 0.928. The van der Waals surface area contributed by atoms with Crippen LogP contribution in [0.4, 0.5) is 0 Å². The number of hydrogen-bond acceptors (Lipinski definition) is 3. The maximum absolute atomic E-state index is 10.9. The monoisotopic (exact) mass is 168 g/mol. The average molecular weight is 168 g/mol. The van der Waals surface area contributed by atoms with Gasteiger partial charge in [-0.2, -0.15) is 0 Å². The summed E-state index contributed by atoms with van der Waals surface area (Å²) in [6.45, 7) is 0.470. The Balaban J connectivity index is 2.29. The van der Waals surface area contributed by atoms with Crippen LogP contribution in [0.1, 0.15) is 25.7 Å². The van der Waals surface area contributed by atoms with Crippen molar-refractivity contribution < 1.29 is 14.6 Å². The lowest BCUT2D eigenvalue weighted by Crippen LogP contribution is -2.28. The third-order valence-electron chi connectivity index (χ3n) is 2.65. The van der Waals surface area contributed by atoms with Gasteiger partial charge in [0, 0.05) is 5.92 Å². The molecule has 0 aromatic heterocycles. The SMILES string of the molecule is O=C1OCC2CCCCC2=C1O. The van der Waals surface area contributed by atoms with Crippen molar-refractivity contribution in [2.75, 3.05) is 6.61 Å². The van der Waals surface area contributed by atoms with Crippen LogP contribution in [-0.4, -0.2) is 17.7 Å². The van der Waals surface area contributed by atoms with E-state index in [9.17, 15) is 9.90 Å². The van der Waals surface area contributed by atoms with Crippen LogP contribution in [0.15, 0.2) is 11.3 Å². The fraction of sp³-hybridized carbons (Fsp3) is 0.667. The number of ether oxygens (including phenoxy) is 1. The average Bonchev–Trinajstić information content (AvgIpc) is 2.12. The van der Waals surface area contributed by atoms with Crippen LogP contribution in [0.25, 0.3) is 0 Å². The molecule has 0 aromatic carbocycles. The summed E-state index contributed by atoms with van der Waals surface area (Å²) in [6.07, 6.45) is 4.18. The van der Waals surface area contributed by atoms with Gasteiger partial charge in [-0.05, 0) is 24.8 Å². The van der Waals surface area contributed by atoms with E-state index in [2.05, 4.69) is 0 Å². The summed E-state index contributed by atoms with van der Waals surface area (Å²) in [5, 5.41) is 9.38. The van der Waals surface area contributed by atoms with Gasteiger partial charge >= 0.3 is 5.97 Å². The first-order valence-corrected chi connectivity index (χ1v) is 4.38. The summed E-state index contributed by atoms with van der Waals surface area (Å²) >= 11 is 0. The Morgan fingerprint density at radius 1 is 1.42 bits per heavy atom. The fourth-order valence-electron chi connectivity index (χ4n) is 1.96. The molecule has 1 unspecified atom stereocenters. The minimum absolute atomic E-state index is 0.119. The van der Waals surface area contributed by atoms with Gasteiger partial charge in [0.2, 0.25) is 5.76 Å². The summed E-state index contributed by atoms with van der Waals surface area (Å²) in [4.78, 5) is 10.9. The van der Waals surface area contributed by atoms with E-state index < -0.39 is 5.97 Å². The van der Waals surface area contributed by atoms with Gasteiger partial charge < -0.3 is 9.84 Å². The van der Waals surface area contributed by atoms with Crippen LogP contribution in [-0.2, 0) is 9.53 Å². The van der Waals surface area contributed by atoms with Crippen molar-refractivity contribution in [2.24, 2.45) is 5.92 Å². The first-order chi connectivity index (χ1) is 5.79. The second-order valence-electron chi connectivity index (χ2n) is 3.42. The van der Waals surface area contributed by atoms with Crippen LogP contribution in [0.5, 0.6) is 0 Å². The van der Waals surface area contributed by atoms with E-state index in [1.165, 1.54) is 6.42 Å².